The Bertz CT molecular complexity index is 383. The van der Waals surface area contributed by atoms with E-state index >= 15 is 0 Å². The van der Waals surface area contributed by atoms with E-state index in [1.165, 1.54) is 6.33 Å². The molecule has 0 aliphatic rings. The van der Waals surface area contributed by atoms with Crippen molar-refractivity contribution in [1.82, 2.24) is 25.1 Å². The molecule has 6 nitrogen and oxygen atoms in total. The first-order chi connectivity index (χ1) is 6.84. The van der Waals surface area contributed by atoms with Crippen LogP contribution in [0.3, 0.4) is 0 Å². The molecule has 0 saturated carbocycles. The number of H-pyrrole nitrogens is 1. The minimum atomic E-state index is 0.529. The number of nitrogens with one attached hydrogen (secondary N) is 2. The number of hydrogen-bond donors (Lipinski definition) is 2. The lowest BCUT2D eigenvalue weighted by atomic mass is 10.6. The summed E-state index contributed by atoms with van der Waals surface area (Å²) in [5, 5.41) is 9.45. The van der Waals surface area contributed by atoms with Gasteiger partial charge in [0.1, 0.15) is 12.2 Å². The largest absolute Gasteiger partial charge is 0.347 e. The summed E-state index contributed by atoms with van der Waals surface area (Å²) in [6.07, 6.45) is 4.81. The van der Waals surface area contributed by atoms with Crippen molar-refractivity contribution in [1.29, 1.82) is 0 Å². The molecule has 0 unspecified atom stereocenters. The van der Waals surface area contributed by atoms with Gasteiger partial charge in [-0.05, 0) is 15.9 Å². The van der Waals surface area contributed by atoms with Gasteiger partial charge in [-0.1, -0.05) is 0 Å². The highest BCUT2D eigenvalue weighted by atomic mass is 79.9. The first kappa shape index (κ1) is 9.07. The van der Waals surface area contributed by atoms with E-state index in [1.54, 1.807) is 12.4 Å². The highest BCUT2D eigenvalue weighted by Crippen LogP contribution is 2.06. The Morgan fingerprint density at radius 1 is 1.29 bits per heavy atom. The summed E-state index contributed by atoms with van der Waals surface area (Å²) in [7, 11) is 0. The van der Waals surface area contributed by atoms with Crippen molar-refractivity contribution in [2.24, 2.45) is 0 Å². The molecule has 7 heteroatoms. The van der Waals surface area contributed by atoms with Gasteiger partial charge in [0.25, 0.3) is 0 Å². The van der Waals surface area contributed by atoms with Gasteiger partial charge in [-0.15, -0.1) is 0 Å². The van der Waals surface area contributed by atoms with E-state index in [-0.39, 0.29) is 0 Å². The molecule has 0 aliphatic carbocycles. The average Bonchev–Trinajstić information content (AvgIpc) is 2.70. The van der Waals surface area contributed by atoms with Crippen LogP contribution in [0.2, 0.25) is 0 Å². The fourth-order valence-corrected chi connectivity index (χ4v) is 1.09. The van der Waals surface area contributed by atoms with Gasteiger partial charge in [0.15, 0.2) is 0 Å². The van der Waals surface area contributed by atoms with Gasteiger partial charge in [0.05, 0.1) is 11.0 Å². The third kappa shape index (κ3) is 2.25. The van der Waals surface area contributed by atoms with Crippen molar-refractivity contribution >= 4 is 21.9 Å². The number of hydrogen-bond acceptors (Lipinski definition) is 5. The van der Waals surface area contributed by atoms with Crippen molar-refractivity contribution < 1.29 is 0 Å². The maximum atomic E-state index is 4.05. The minimum Gasteiger partial charge on any atom is -0.347 e. The zero-order valence-electron chi connectivity index (χ0n) is 7.11. The predicted octanol–water partition coefficient (Wildman–Crippen LogP) is 0.969. The zero-order chi connectivity index (χ0) is 9.80. The summed E-state index contributed by atoms with van der Waals surface area (Å²) in [5.41, 5.74) is 0. The normalized spacial score (nSPS) is 10.1. The number of halogens is 1. The van der Waals surface area contributed by atoms with Crippen LogP contribution in [0.25, 0.3) is 0 Å². The summed E-state index contributed by atoms with van der Waals surface area (Å²) in [4.78, 5) is 12.0. The van der Waals surface area contributed by atoms with Crippen LogP contribution < -0.4 is 5.32 Å². The van der Waals surface area contributed by atoms with E-state index in [0.717, 1.165) is 10.3 Å². The molecule has 0 bridgehead atoms. The molecule has 2 rings (SSSR count). The highest BCUT2D eigenvalue weighted by Gasteiger charge is 1.97. The third-order valence-corrected chi connectivity index (χ3v) is 1.91. The Hall–Kier alpha value is -1.50. The van der Waals surface area contributed by atoms with E-state index < -0.39 is 0 Å². The van der Waals surface area contributed by atoms with E-state index in [1.807, 2.05) is 0 Å². The predicted molar refractivity (Wildman–Crippen MR) is 53.4 cm³/mol. The van der Waals surface area contributed by atoms with Gasteiger partial charge in [-0.2, -0.15) is 5.10 Å². The van der Waals surface area contributed by atoms with Crippen molar-refractivity contribution in [3.63, 3.8) is 0 Å². The summed E-state index contributed by atoms with van der Waals surface area (Å²) >= 11 is 3.25. The molecule has 0 radical (unpaired) electrons. The summed E-state index contributed by atoms with van der Waals surface area (Å²) in [6.45, 7) is 0.529. The number of nitrogens with zero attached hydrogens (tertiary/aromatic N) is 4. The maximum absolute atomic E-state index is 4.05. The van der Waals surface area contributed by atoms with Crippen LogP contribution in [-0.2, 0) is 6.54 Å². The van der Waals surface area contributed by atoms with Crippen molar-refractivity contribution in [2.75, 3.05) is 5.32 Å². The Morgan fingerprint density at radius 2 is 2.07 bits per heavy atom. The van der Waals surface area contributed by atoms with Gasteiger partial charge in [0, 0.05) is 12.4 Å². The summed E-state index contributed by atoms with van der Waals surface area (Å²) in [6, 6.07) is 0. The second-order valence-electron chi connectivity index (χ2n) is 2.51. The van der Waals surface area contributed by atoms with E-state index in [4.69, 9.17) is 0 Å². The number of aromatic amines is 1. The van der Waals surface area contributed by atoms with Crippen molar-refractivity contribution in [2.45, 2.75) is 6.54 Å². The van der Waals surface area contributed by atoms with Crippen LogP contribution in [0.1, 0.15) is 5.82 Å². The second kappa shape index (κ2) is 4.14. The molecule has 0 fully saturated rings. The van der Waals surface area contributed by atoms with Crippen LogP contribution in [0, 0.1) is 0 Å². The van der Waals surface area contributed by atoms with E-state index in [2.05, 4.69) is 46.4 Å². The molecule has 14 heavy (non-hydrogen) atoms. The molecule has 2 N–H and O–H groups in total. The smallest absolute Gasteiger partial charge is 0.223 e. The second-order valence-corrected chi connectivity index (χ2v) is 3.43. The van der Waals surface area contributed by atoms with Crippen molar-refractivity contribution in [3.05, 3.63) is 29.0 Å². The lowest BCUT2D eigenvalue weighted by Crippen LogP contribution is -2.04. The molecule has 0 aromatic carbocycles. The van der Waals surface area contributed by atoms with Crippen LogP contribution in [0.4, 0.5) is 5.95 Å². The first-order valence-corrected chi connectivity index (χ1v) is 4.69. The molecular weight excluding hydrogens is 248 g/mol. The fraction of sp³-hybridized carbons (Fsp3) is 0.143. The molecule has 0 aliphatic heterocycles. The Morgan fingerprint density at radius 3 is 2.71 bits per heavy atom. The topological polar surface area (TPSA) is 79.4 Å². The van der Waals surface area contributed by atoms with Crippen LogP contribution in [-0.4, -0.2) is 25.1 Å². The minimum absolute atomic E-state index is 0.529. The van der Waals surface area contributed by atoms with Crippen LogP contribution in [0.15, 0.2) is 23.2 Å². The van der Waals surface area contributed by atoms with Gasteiger partial charge >= 0.3 is 0 Å². The number of aromatic nitrogens is 5. The van der Waals surface area contributed by atoms with Crippen LogP contribution >= 0.6 is 15.9 Å². The molecule has 72 valence electrons. The molecule has 0 atom stereocenters. The van der Waals surface area contributed by atoms with E-state index in [9.17, 15) is 0 Å². The van der Waals surface area contributed by atoms with Crippen molar-refractivity contribution in [3.8, 4) is 0 Å². The quantitative estimate of drug-likeness (QED) is 0.854. The number of anilines is 1. The van der Waals surface area contributed by atoms with Gasteiger partial charge < -0.3 is 5.32 Å². The van der Waals surface area contributed by atoms with E-state index in [0.29, 0.717) is 12.5 Å². The lowest BCUT2D eigenvalue weighted by molar-refractivity contribution is 0.934. The Kier molecular flexibility index (Phi) is 2.68. The monoisotopic (exact) mass is 254 g/mol. The molecule has 2 aromatic rings. The van der Waals surface area contributed by atoms with Crippen LogP contribution in [0.5, 0.6) is 0 Å². The first-order valence-electron chi connectivity index (χ1n) is 3.90. The lowest BCUT2D eigenvalue weighted by Gasteiger charge is -2.00. The maximum Gasteiger partial charge on any atom is 0.223 e. The summed E-state index contributed by atoms with van der Waals surface area (Å²) < 4.78 is 0.850. The molecule has 2 aromatic heterocycles. The summed E-state index contributed by atoms with van der Waals surface area (Å²) in [5.74, 6) is 1.31. The van der Waals surface area contributed by atoms with Gasteiger partial charge in [-0.25, -0.2) is 15.0 Å². The molecule has 0 saturated heterocycles. The zero-order valence-corrected chi connectivity index (χ0v) is 8.69. The van der Waals surface area contributed by atoms with Gasteiger partial charge in [0.2, 0.25) is 5.95 Å². The third-order valence-electron chi connectivity index (χ3n) is 1.50. The fourth-order valence-electron chi connectivity index (χ4n) is 0.882. The SMILES string of the molecule is Brc1cnc(NCc2ncn[nH]2)nc1. The average molecular weight is 255 g/mol. The molecule has 0 spiro atoms. The Balaban J connectivity index is 1.95. The standard InChI is InChI=1S/C7H7BrN6/c8-5-1-9-7(10-2-5)11-3-6-12-4-13-14-6/h1-2,4H,3H2,(H,9,10,11)(H,12,13,14). The number of rotatable bonds is 3. The molecule has 0 amide bonds. The molecule has 2 heterocycles. The molecular formula is C7H7BrN6. The highest BCUT2D eigenvalue weighted by molar-refractivity contribution is 9.10. The Labute approximate surface area is 88.3 Å². The van der Waals surface area contributed by atoms with Gasteiger partial charge in [-0.3, -0.25) is 5.10 Å².